The van der Waals surface area contributed by atoms with Crippen LogP contribution >= 0.6 is 24.0 Å². The zero-order chi connectivity index (χ0) is 13.7. The molecule has 1 aliphatic rings. The number of hydrogen-bond acceptors (Lipinski definition) is 2. The quantitative estimate of drug-likeness (QED) is 0.421. The van der Waals surface area contributed by atoms with E-state index >= 15 is 0 Å². The highest BCUT2D eigenvalue weighted by molar-refractivity contribution is 14.0. The molecule has 0 spiro atoms. The molecule has 1 aromatic rings. The lowest BCUT2D eigenvalue weighted by Gasteiger charge is -2.19. The van der Waals surface area contributed by atoms with Crippen LogP contribution in [0.2, 0.25) is 0 Å². The van der Waals surface area contributed by atoms with Crippen molar-refractivity contribution in [3.63, 3.8) is 0 Å². The van der Waals surface area contributed by atoms with E-state index < -0.39 is 0 Å². The number of aryl methyl sites for hydroxylation is 1. The number of halogens is 1. The first-order valence-corrected chi connectivity index (χ1v) is 7.08. The number of nitrogens with two attached hydrogens (primary N) is 1. The summed E-state index contributed by atoms with van der Waals surface area (Å²) in [6, 6.07) is 3.82. The van der Waals surface area contributed by atoms with Gasteiger partial charge in [0, 0.05) is 12.1 Å². The largest absolute Gasteiger partial charge is 0.508 e. The van der Waals surface area contributed by atoms with E-state index in [0.717, 1.165) is 31.4 Å². The van der Waals surface area contributed by atoms with Crippen LogP contribution in [0.5, 0.6) is 5.75 Å². The molecule has 112 valence electrons. The van der Waals surface area contributed by atoms with Crippen molar-refractivity contribution in [2.24, 2.45) is 10.7 Å². The molecular weight excluding hydrogens is 365 g/mol. The number of nitrogens with one attached hydrogen (secondary N) is 1. The predicted octanol–water partition coefficient (Wildman–Crippen LogP) is 2.70. The number of phenols is 1. The van der Waals surface area contributed by atoms with Crippen LogP contribution in [0.25, 0.3) is 0 Å². The summed E-state index contributed by atoms with van der Waals surface area (Å²) in [5, 5.41) is 13.1. The van der Waals surface area contributed by atoms with Gasteiger partial charge in [0.15, 0.2) is 5.96 Å². The van der Waals surface area contributed by atoms with Crippen molar-refractivity contribution in [3.8, 4) is 5.75 Å². The van der Waals surface area contributed by atoms with Crippen LogP contribution in [-0.4, -0.2) is 17.6 Å². The van der Waals surface area contributed by atoms with Crippen LogP contribution < -0.4 is 11.1 Å². The normalized spacial score (nSPS) is 14.3. The van der Waals surface area contributed by atoms with Gasteiger partial charge in [-0.25, -0.2) is 4.99 Å². The van der Waals surface area contributed by atoms with Gasteiger partial charge in [-0.05, 0) is 49.3 Å². The van der Waals surface area contributed by atoms with Gasteiger partial charge in [0.25, 0.3) is 0 Å². The van der Waals surface area contributed by atoms with E-state index in [1.165, 1.54) is 24.0 Å². The summed E-state index contributed by atoms with van der Waals surface area (Å²) in [7, 11) is 0. The second-order valence-corrected chi connectivity index (χ2v) is 5.04. The average molecular weight is 389 g/mol. The van der Waals surface area contributed by atoms with E-state index in [9.17, 15) is 5.11 Å². The van der Waals surface area contributed by atoms with Crippen molar-refractivity contribution >= 4 is 29.9 Å². The van der Waals surface area contributed by atoms with Crippen molar-refractivity contribution in [3.05, 3.63) is 28.8 Å². The molecule has 1 aliphatic carbocycles. The molecular formula is C15H24IN3O. The number of aliphatic imine (C=N–C) groups is 1. The second kappa shape index (κ2) is 8.34. The Hall–Kier alpha value is -0.980. The van der Waals surface area contributed by atoms with E-state index in [2.05, 4.69) is 17.2 Å². The van der Waals surface area contributed by atoms with Gasteiger partial charge in [-0.2, -0.15) is 0 Å². The molecule has 0 aromatic heterocycles. The maximum Gasteiger partial charge on any atom is 0.188 e. The number of benzene rings is 1. The van der Waals surface area contributed by atoms with Crippen molar-refractivity contribution in [1.82, 2.24) is 5.32 Å². The van der Waals surface area contributed by atoms with Crippen molar-refractivity contribution < 1.29 is 5.11 Å². The fourth-order valence-electron chi connectivity index (χ4n) is 2.54. The zero-order valence-corrected chi connectivity index (χ0v) is 14.3. The molecule has 0 saturated carbocycles. The van der Waals surface area contributed by atoms with Gasteiger partial charge in [-0.15, -0.1) is 24.0 Å². The van der Waals surface area contributed by atoms with Crippen molar-refractivity contribution in [2.45, 2.75) is 45.6 Å². The maximum atomic E-state index is 10.0. The summed E-state index contributed by atoms with van der Waals surface area (Å²) < 4.78 is 0. The number of aromatic hydroxyl groups is 1. The summed E-state index contributed by atoms with van der Waals surface area (Å²) in [5.41, 5.74) is 9.37. The Balaban J connectivity index is 0.00000200. The molecule has 20 heavy (non-hydrogen) atoms. The Bertz CT molecular complexity index is 474. The first-order valence-electron chi connectivity index (χ1n) is 7.08. The molecule has 2 rings (SSSR count). The minimum atomic E-state index is 0. The van der Waals surface area contributed by atoms with Crippen molar-refractivity contribution in [1.29, 1.82) is 0 Å². The molecule has 0 heterocycles. The van der Waals surface area contributed by atoms with Crippen LogP contribution in [0.4, 0.5) is 0 Å². The van der Waals surface area contributed by atoms with E-state index in [-0.39, 0.29) is 24.0 Å². The standard InChI is InChI=1S/C15H23N3O.HI/c1-2-9-17-15(16)18-10-13-12-6-4-3-5-11(12)7-8-14(13)19;/h7-8,19H,2-6,9-10H2,1H3,(H3,16,17,18);1H. The van der Waals surface area contributed by atoms with Crippen molar-refractivity contribution in [2.75, 3.05) is 6.54 Å². The van der Waals surface area contributed by atoms with Gasteiger partial charge in [0.1, 0.15) is 5.75 Å². The highest BCUT2D eigenvalue weighted by atomic mass is 127. The van der Waals surface area contributed by atoms with Crippen LogP contribution in [0.1, 0.15) is 42.9 Å². The first-order chi connectivity index (χ1) is 9.22. The van der Waals surface area contributed by atoms with E-state index in [4.69, 9.17) is 5.73 Å². The van der Waals surface area contributed by atoms with E-state index in [1.54, 1.807) is 6.07 Å². The lowest BCUT2D eigenvalue weighted by atomic mass is 9.88. The van der Waals surface area contributed by atoms with Crippen LogP contribution in [-0.2, 0) is 19.4 Å². The first kappa shape index (κ1) is 17.1. The third-order valence-corrected chi connectivity index (χ3v) is 3.59. The highest BCUT2D eigenvalue weighted by Crippen LogP contribution is 2.30. The predicted molar refractivity (Wildman–Crippen MR) is 93.8 cm³/mol. The molecule has 0 fully saturated rings. The second-order valence-electron chi connectivity index (χ2n) is 5.04. The summed E-state index contributed by atoms with van der Waals surface area (Å²) in [6.07, 6.45) is 5.59. The number of hydrogen-bond donors (Lipinski definition) is 3. The zero-order valence-electron chi connectivity index (χ0n) is 12.0. The topological polar surface area (TPSA) is 70.6 Å². The van der Waals surface area contributed by atoms with Gasteiger partial charge in [0.05, 0.1) is 6.54 Å². The molecule has 0 unspecified atom stereocenters. The van der Waals surface area contributed by atoms with Crippen LogP contribution in [0.15, 0.2) is 17.1 Å². The van der Waals surface area contributed by atoms with Gasteiger partial charge in [-0.3, -0.25) is 0 Å². The summed E-state index contributed by atoms with van der Waals surface area (Å²) in [5.74, 6) is 0.794. The molecule has 0 bridgehead atoms. The Kier molecular flexibility index (Phi) is 7.12. The average Bonchev–Trinajstić information content (AvgIpc) is 2.44. The molecule has 0 aliphatic heterocycles. The van der Waals surface area contributed by atoms with Gasteiger partial charge in [0.2, 0.25) is 0 Å². The Morgan fingerprint density at radius 2 is 2.10 bits per heavy atom. The van der Waals surface area contributed by atoms with Crippen LogP contribution in [0.3, 0.4) is 0 Å². The number of phenolic OH excluding ortho intramolecular Hbond substituents is 1. The fourth-order valence-corrected chi connectivity index (χ4v) is 2.54. The SMILES string of the molecule is CCCNC(N)=NCc1c(O)ccc2c1CCCC2.I. The van der Waals surface area contributed by atoms with Gasteiger partial charge in [-0.1, -0.05) is 13.0 Å². The summed E-state index contributed by atoms with van der Waals surface area (Å²) in [6.45, 7) is 3.37. The Morgan fingerprint density at radius 3 is 2.85 bits per heavy atom. The number of fused-ring (bicyclic) bond motifs is 1. The third-order valence-electron chi connectivity index (χ3n) is 3.59. The molecule has 5 heteroatoms. The van der Waals surface area contributed by atoms with Gasteiger partial charge >= 0.3 is 0 Å². The number of guanidine groups is 1. The molecule has 4 nitrogen and oxygen atoms in total. The van der Waals surface area contributed by atoms with E-state index in [1.807, 2.05) is 6.07 Å². The molecule has 0 radical (unpaired) electrons. The van der Waals surface area contributed by atoms with E-state index in [0.29, 0.717) is 18.3 Å². The molecule has 0 amide bonds. The summed E-state index contributed by atoms with van der Waals surface area (Å²) >= 11 is 0. The fraction of sp³-hybridized carbons (Fsp3) is 0.533. The lowest BCUT2D eigenvalue weighted by Crippen LogP contribution is -2.32. The Labute approximate surface area is 137 Å². The van der Waals surface area contributed by atoms with Gasteiger partial charge < -0.3 is 16.2 Å². The number of rotatable bonds is 4. The monoisotopic (exact) mass is 389 g/mol. The minimum Gasteiger partial charge on any atom is -0.508 e. The highest BCUT2D eigenvalue weighted by Gasteiger charge is 2.15. The maximum absolute atomic E-state index is 10.0. The third kappa shape index (κ3) is 4.26. The summed E-state index contributed by atoms with van der Waals surface area (Å²) in [4.78, 5) is 4.32. The molecule has 0 saturated heterocycles. The molecule has 1 aromatic carbocycles. The smallest absolute Gasteiger partial charge is 0.188 e. The lowest BCUT2D eigenvalue weighted by molar-refractivity contribution is 0.465. The Morgan fingerprint density at radius 1 is 1.35 bits per heavy atom. The van der Waals surface area contributed by atoms with Crippen LogP contribution in [0, 0.1) is 0 Å². The molecule has 4 N–H and O–H groups in total. The number of nitrogens with zero attached hydrogens (tertiary/aromatic N) is 1. The minimum absolute atomic E-state index is 0. The molecule has 0 atom stereocenters.